The molecule has 0 bridgehead atoms. The molecular weight excluding hydrogens is 254 g/mol. The van der Waals surface area contributed by atoms with Crippen molar-refractivity contribution >= 4 is 5.97 Å². The second-order valence-corrected chi connectivity index (χ2v) is 5.87. The molecule has 1 saturated carbocycles. The van der Waals surface area contributed by atoms with Crippen molar-refractivity contribution in [3.05, 3.63) is 0 Å². The summed E-state index contributed by atoms with van der Waals surface area (Å²) in [4.78, 5) is 16.8. The lowest BCUT2D eigenvalue weighted by molar-refractivity contribution is -0.146. The van der Waals surface area contributed by atoms with Crippen LogP contribution in [0.25, 0.3) is 0 Å². The van der Waals surface area contributed by atoms with Gasteiger partial charge in [-0.2, -0.15) is 0 Å². The van der Waals surface area contributed by atoms with Crippen LogP contribution in [0.2, 0.25) is 0 Å². The van der Waals surface area contributed by atoms with E-state index >= 15 is 0 Å². The van der Waals surface area contributed by atoms with E-state index in [2.05, 4.69) is 15.1 Å². The van der Waals surface area contributed by atoms with Crippen molar-refractivity contribution in [1.29, 1.82) is 0 Å². The van der Waals surface area contributed by atoms with Gasteiger partial charge in [-0.1, -0.05) is 12.8 Å². The van der Waals surface area contributed by atoms with Crippen LogP contribution in [0.1, 0.15) is 32.6 Å². The van der Waals surface area contributed by atoms with E-state index in [9.17, 15) is 4.79 Å². The zero-order valence-corrected chi connectivity index (χ0v) is 12.9. The number of carbonyl (C=O) groups excluding carboxylic acids is 1. The maximum Gasteiger partial charge on any atom is 0.324 e. The number of esters is 1. The van der Waals surface area contributed by atoms with E-state index < -0.39 is 0 Å². The molecule has 0 aromatic rings. The van der Waals surface area contributed by atoms with Gasteiger partial charge in [0.25, 0.3) is 0 Å². The molecule has 2 rings (SSSR count). The molecule has 1 aliphatic carbocycles. The fraction of sp³-hybridized carbons (Fsp3) is 0.933. The molecule has 5 nitrogen and oxygen atoms in total. The molecule has 1 unspecified atom stereocenters. The summed E-state index contributed by atoms with van der Waals surface area (Å²) in [5, 5.41) is 3.07. The molecule has 20 heavy (non-hydrogen) atoms. The van der Waals surface area contributed by atoms with Crippen molar-refractivity contribution in [1.82, 2.24) is 15.1 Å². The average Bonchev–Trinajstić information content (AvgIpc) is 3.00. The van der Waals surface area contributed by atoms with Gasteiger partial charge in [-0.3, -0.25) is 14.6 Å². The van der Waals surface area contributed by atoms with Crippen molar-refractivity contribution in [2.75, 3.05) is 46.4 Å². The number of carbonyl (C=O) groups is 1. The molecule has 2 aliphatic rings. The fourth-order valence-electron chi connectivity index (χ4n) is 3.37. The third-order valence-electron chi connectivity index (χ3n) is 4.61. The summed E-state index contributed by atoms with van der Waals surface area (Å²) >= 11 is 0. The Morgan fingerprint density at radius 1 is 1.25 bits per heavy atom. The SMILES string of the molecule is CCOC(=O)C(CN1CCN(C2CCCC2)CC1)NC. The maximum atomic E-state index is 11.8. The van der Waals surface area contributed by atoms with Gasteiger partial charge in [0.05, 0.1) is 6.61 Å². The number of nitrogens with one attached hydrogen (secondary N) is 1. The molecule has 1 saturated heterocycles. The van der Waals surface area contributed by atoms with Gasteiger partial charge in [0.2, 0.25) is 0 Å². The minimum Gasteiger partial charge on any atom is -0.465 e. The molecule has 1 atom stereocenters. The Labute approximate surface area is 122 Å². The summed E-state index contributed by atoms with van der Waals surface area (Å²) in [5.41, 5.74) is 0. The van der Waals surface area contributed by atoms with Crippen LogP contribution in [0.5, 0.6) is 0 Å². The zero-order chi connectivity index (χ0) is 14.4. The zero-order valence-electron chi connectivity index (χ0n) is 12.9. The smallest absolute Gasteiger partial charge is 0.324 e. The summed E-state index contributed by atoms with van der Waals surface area (Å²) in [6.45, 7) is 7.47. The van der Waals surface area contributed by atoms with Gasteiger partial charge in [-0.15, -0.1) is 0 Å². The normalized spacial score (nSPS) is 23.9. The predicted octanol–water partition coefficient (Wildman–Crippen LogP) is 0.698. The summed E-state index contributed by atoms with van der Waals surface area (Å²) < 4.78 is 5.10. The van der Waals surface area contributed by atoms with Crippen LogP contribution < -0.4 is 5.32 Å². The van der Waals surface area contributed by atoms with E-state index in [0.29, 0.717) is 6.61 Å². The van der Waals surface area contributed by atoms with Gasteiger partial charge in [0.1, 0.15) is 6.04 Å². The standard InChI is InChI=1S/C15H29N3O2/c1-3-20-15(19)14(16-2)12-17-8-10-18(11-9-17)13-6-4-5-7-13/h13-14,16H,3-12H2,1-2H3. The lowest BCUT2D eigenvalue weighted by Gasteiger charge is -2.38. The van der Waals surface area contributed by atoms with Gasteiger partial charge in [0.15, 0.2) is 0 Å². The van der Waals surface area contributed by atoms with Crippen LogP contribution in [-0.2, 0) is 9.53 Å². The van der Waals surface area contributed by atoms with Crippen molar-refractivity contribution < 1.29 is 9.53 Å². The molecule has 1 heterocycles. The lowest BCUT2D eigenvalue weighted by Crippen LogP contribution is -2.54. The number of piperazine rings is 1. The van der Waals surface area contributed by atoms with Gasteiger partial charge in [-0.25, -0.2) is 0 Å². The molecule has 1 aliphatic heterocycles. The topological polar surface area (TPSA) is 44.8 Å². The summed E-state index contributed by atoms with van der Waals surface area (Å²) in [5.74, 6) is -0.131. The number of likely N-dealkylation sites (N-methyl/N-ethyl adjacent to an activating group) is 1. The number of ether oxygens (including phenoxy) is 1. The minimum absolute atomic E-state index is 0.131. The highest BCUT2D eigenvalue weighted by molar-refractivity contribution is 5.76. The summed E-state index contributed by atoms with van der Waals surface area (Å²) in [7, 11) is 1.83. The highest BCUT2D eigenvalue weighted by Crippen LogP contribution is 2.24. The number of rotatable bonds is 6. The Kier molecular flexibility index (Phi) is 6.26. The van der Waals surface area contributed by atoms with Crippen LogP contribution >= 0.6 is 0 Å². The second kappa shape index (κ2) is 7.96. The fourth-order valence-corrected chi connectivity index (χ4v) is 3.37. The van der Waals surface area contributed by atoms with Gasteiger partial charge < -0.3 is 10.1 Å². The van der Waals surface area contributed by atoms with E-state index in [1.807, 2.05) is 14.0 Å². The summed E-state index contributed by atoms with van der Waals surface area (Å²) in [6.07, 6.45) is 5.55. The highest BCUT2D eigenvalue weighted by Gasteiger charge is 2.28. The average molecular weight is 283 g/mol. The Balaban J connectivity index is 1.73. The van der Waals surface area contributed by atoms with Gasteiger partial charge >= 0.3 is 5.97 Å². The van der Waals surface area contributed by atoms with E-state index in [0.717, 1.165) is 38.8 Å². The molecular formula is C15H29N3O2. The molecule has 0 radical (unpaired) electrons. The first-order valence-corrected chi connectivity index (χ1v) is 8.05. The Hall–Kier alpha value is -0.650. The first kappa shape index (κ1) is 15.7. The van der Waals surface area contributed by atoms with E-state index in [4.69, 9.17) is 4.74 Å². The molecule has 5 heteroatoms. The van der Waals surface area contributed by atoms with Crippen molar-refractivity contribution in [3.63, 3.8) is 0 Å². The van der Waals surface area contributed by atoms with E-state index in [-0.39, 0.29) is 12.0 Å². The number of hydrogen-bond acceptors (Lipinski definition) is 5. The maximum absolute atomic E-state index is 11.8. The first-order chi connectivity index (χ1) is 9.74. The van der Waals surface area contributed by atoms with E-state index in [1.165, 1.54) is 25.7 Å². The molecule has 116 valence electrons. The highest BCUT2D eigenvalue weighted by atomic mass is 16.5. The third kappa shape index (κ3) is 4.17. The monoisotopic (exact) mass is 283 g/mol. The second-order valence-electron chi connectivity index (χ2n) is 5.87. The van der Waals surface area contributed by atoms with Gasteiger partial charge in [-0.05, 0) is 26.8 Å². The lowest BCUT2D eigenvalue weighted by atomic mass is 10.1. The first-order valence-electron chi connectivity index (χ1n) is 8.05. The van der Waals surface area contributed by atoms with Gasteiger partial charge in [0, 0.05) is 38.8 Å². The molecule has 0 aromatic carbocycles. The van der Waals surface area contributed by atoms with Crippen molar-refractivity contribution in [2.24, 2.45) is 0 Å². The molecule has 0 spiro atoms. The predicted molar refractivity (Wildman–Crippen MR) is 79.7 cm³/mol. The van der Waals surface area contributed by atoms with Crippen LogP contribution in [0.3, 0.4) is 0 Å². The molecule has 1 N–H and O–H groups in total. The van der Waals surface area contributed by atoms with Crippen LogP contribution in [0.4, 0.5) is 0 Å². The van der Waals surface area contributed by atoms with Crippen molar-refractivity contribution in [2.45, 2.75) is 44.7 Å². The molecule has 0 aromatic heterocycles. The quantitative estimate of drug-likeness (QED) is 0.727. The molecule has 2 fully saturated rings. The Bertz CT molecular complexity index is 297. The van der Waals surface area contributed by atoms with Crippen LogP contribution in [-0.4, -0.2) is 74.2 Å². The Morgan fingerprint density at radius 3 is 2.45 bits per heavy atom. The van der Waals surface area contributed by atoms with E-state index in [1.54, 1.807) is 0 Å². The number of hydrogen-bond donors (Lipinski definition) is 1. The van der Waals surface area contributed by atoms with Crippen LogP contribution in [0, 0.1) is 0 Å². The third-order valence-corrected chi connectivity index (χ3v) is 4.61. The Morgan fingerprint density at radius 2 is 1.90 bits per heavy atom. The van der Waals surface area contributed by atoms with Crippen LogP contribution in [0.15, 0.2) is 0 Å². The molecule has 0 amide bonds. The summed E-state index contributed by atoms with van der Waals surface area (Å²) in [6, 6.07) is 0.621. The van der Waals surface area contributed by atoms with Crippen molar-refractivity contribution in [3.8, 4) is 0 Å². The minimum atomic E-state index is -0.201. The largest absolute Gasteiger partial charge is 0.465 e. The number of nitrogens with zero attached hydrogens (tertiary/aromatic N) is 2.